The van der Waals surface area contributed by atoms with Crippen LogP contribution in [0.5, 0.6) is 0 Å². The predicted octanol–water partition coefficient (Wildman–Crippen LogP) is 3.43. The number of hydrogen-bond donors (Lipinski definition) is 1. The Bertz CT molecular complexity index is 835. The summed E-state index contributed by atoms with van der Waals surface area (Å²) in [4.78, 5) is 4.80. The minimum atomic E-state index is 0.793. The second kappa shape index (κ2) is 6.36. The molecular formula is C18H23N5. The van der Waals surface area contributed by atoms with Gasteiger partial charge >= 0.3 is 0 Å². The zero-order valence-corrected chi connectivity index (χ0v) is 14.2. The van der Waals surface area contributed by atoms with Crippen LogP contribution in [0.15, 0.2) is 24.5 Å². The topological polar surface area (TPSA) is 55.6 Å². The van der Waals surface area contributed by atoms with E-state index in [1.165, 1.54) is 22.1 Å². The average molecular weight is 309 g/mol. The van der Waals surface area contributed by atoms with Crippen LogP contribution in [0, 0.1) is 20.8 Å². The van der Waals surface area contributed by atoms with Gasteiger partial charge < -0.3 is 9.88 Å². The molecule has 120 valence electrons. The Balaban J connectivity index is 1.79. The van der Waals surface area contributed by atoms with E-state index in [0.29, 0.717) is 0 Å². The Morgan fingerprint density at radius 1 is 1.13 bits per heavy atom. The maximum absolute atomic E-state index is 4.80. The van der Waals surface area contributed by atoms with E-state index in [1.54, 1.807) is 6.33 Å². The molecule has 23 heavy (non-hydrogen) atoms. The fourth-order valence-corrected chi connectivity index (χ4v) is 2.83. The van der Waals surface area contributed by atoms with Crippen LogP contribution in [0.3, 0.4) is 0 Å². The third-order valence-corrected chi connectivity index (χ3v) is 4.40. The summed E-state index contributed by atoms with van der Waals surface area (Å²) in [5.74, 6) is 1.93. The highest BCUT2D eigenvalue weighted by Gasteiger charge is 2.07. The van der Waals surface area contributed by atoms with Crippen molar-refractivity contribution >= 4 is 16.7 Å². The molecule has 1 aromatic carbocycles. The van der Waals surface area contributed by atoms with E-state index in [4.69, 9.17) is 4.98 Å². The molecule has 0 aliphatic heterocycles. The lowest BCUT2D eigenvalue weighted by molar-refractivity contribution is 0.697. The zero-order valence-electron chi connectivity index (χ0n) is 14.2. The number of hydrogen-bond acceptors (Lipinski definition) is 4. The van der Waals surface area contributed by atoms with Crippen LogP contribution in [0.1, 0.15) is 29.4 Å². The molecule has 0 bridgehead atoms. The van der Waals surface area contributed by atoms with Crippen LogP contribution < -0.4 is 5.32 Å². The standard InChI is InChI=1S/C18H23N5/c1-5-23-11-20-22-17(23)8-9-19-16-10-13(3)15-7-6-12(2)14(4)18(15)21-16/h6-7,10-11H,5,8-9H2,1-4H3,(H,19,21). The first-order valence-corrected chi connectivity index (χ1v) is 8.08. The maximum atomic E-state index is 4.80. The molecule has 0 amide bonds. The van der Waals surface area contributed by atoms with Crippen molar-refractivity contribution in [2.75, 3.05) is 11.9 Å². The molecule has 3 rings (SSSR count). The number of fused-ring (bicyclic) bond motifs is 1. The van der Waals surface area contributed by atoms with Gasteiger partial charge in [-0.05, 0) is 50.5 Å². The molecule has 0 unspecified atom stereocenters. The lowest BCUT2D eigenvalue weighted by Gasteiger charge is -2.12. The molecule has 1 N–H and O–H groups in total. The summed E-state index contributed by atoms with van der Waals surface area (Å²) in [6.45, 7) is 10.2. The van der Waals surface area contributed by atoms with Crippen LogP contribution in [0.4, 0.5) is 5.82 Å². The van der Waals surface area contributed by atoms with Gasteiger partial charge in [0.2, 0.25) is 0 Å². The van der Waals surface area contributed by atoms with Crippen molar-refractivity contribution in [2.45, 2.75) is 40.7 Å². The van der Waals surface area contributed by atoms with Gasteiger partial charge in [-0.3, -0.25) is 0 Å². The van der Waals surface area contributed by atoms with E-state index in [-0.39, 0.29) is 0 Å². The number of nitrogens with zero attached hydrogens (tertiary/aromatic N) is 4. The van der Waals surface area contributed by atoms with Crippen LogP contribution in [-0.2, 0) is 13.0 Å². The molecule has 2 aromatic heterocycles. The van der Waals surface area contributed by atoms with Crippen molar-refractivity contribution in [2.24, 2.45) is 0 Å². The fourth-order valence-electron chi connectivity index (χ4n) is 2.83. The largest absolute Gasteiger partial charge is 0.370 e. The smallest absolute Gasteiger partial charge is 0.134 e. The molecule has 5 nitrogen and oxygen atoms in total. The fraction of sp³-hybridized carbons (Fsp3) is 0.389. The summed E-state index contributed by atoms with van der Waals surface area (Å²) < 4.78 is 2.06. The third kappa shape index (κ3) is 3.04. The summed E-state index contributed by atoms with van der Waals surface area (Å²) >= 11 is 0. The van der Waals surface area contributed by atoms with Crippen molar-refractivity contribution < 1.29 is 0 Å². The van der Waals surface area contributed by atoms with Crippen LogP contribution in [0.2, 0.25) is 0 Å². The molecule has 0 atom stereocenters. The first-order valence-electron chi connectivity index (χ1n) is 8.08. The first-order chi connectivity index (χ1) is 11.1. The second-order valence-electron chi connectivity index (χ2n) is 5.94. The highest BCUT2D eigenvalue weighted by molar-refractivity contribution is 5.87. The lowest BCUT2D eigenvalue weighted by Crippen LogP contribution is -2.11. The van der Waals surface area contributed by atoms with Crippen molar-refractivity contribution in [1.82, 2.24) is 19.7 Å². The summed E-state index contributed by atoms with van der Waals surface area (Å²) in [5.41, 5.74) is 4.86. The number of pyridine rings is 1. The molecule has 0 aliphatic rings. The van der Waals surface area contributed by atoms with Crippen LogP contribution >= 0.6 is 0 Å². The third-order valence-electron chi connectivity index (χ3n) is 4.40. The van der Waals surface area contributed by atoms with E-state index >= 15 is 0 Å². The monoisotopic (exact) mass is 309 g/mol. The van der Waals surface area contributed by atoms with E-state index in [9.17, 15) is 0 Å². The van der Waals surface area contributed by atoms with Crippen molar-refractivity contribution in [3.05, 3.63) is 47.0 Å². The SMILES string of the molecule is CCn1cnnc1CCNc1cc(C)c2ccc(C)c(C)c2n1. The Kier molecular flexibility index (Phi) is 4.28. The molecule has 0 saturated carbocycles. The van der Waals surface area contributed by atoms with Crippen molar-refractivity contribution in [3.63, 3.8) is 0 Å². The maximum Gasteiger partial charge on any atom is 0.134 e. The second-order valence-corrected chi connectivity index (χ2v) is 5.94. The molecular weight excluding hydrogens is 286 g/mol. The number of benzene rings is 1. The van der Waals surface area contributed by atoms with Crippen molar-refractivity contribution in [3.8, 4) is 0 Å². The Morgan fingerprint density at radius 2 is 1.96 bits per heavy atom. The average Bonchev–Trinajstić information content (AvgIpc) is 2.99. The highest BCUT2D eigenvalue weighted by atomic mass is 15.3. The van der Waals surface area contributed by atoms with E-state index < -0.39 is 0 Å². The number of anilines is 1. The number of rotatable bonds is 5. The lowest BCUT2D eigenvalue weighted by atomic mass is 10.0. The van der Waals surface area contributed by atoms with Gasteiger partial charge in [-0.15, -0.1) is 10.2 Å². The Hall–Kier alpha value is -2.43. The molecule has 5 heteroatoms. The number of aromatic nitrogens is 4. The van der Waals surface area contributed by atoms with Gasteiger partial charge in [0.25, 0.3) is 0 Å². The van der Waals surface area contributed by atoms with Crippen molar-refractivity contribution in [1.29, 1.82) is 0 Å². The number of nitrogens with one attached hydrogen (secondary N) is 1. The molecule has 0 fully saturated rings. The molecule has 0 spiro atoms. The highest BCUT2D eigenvalue weighted by Crippen LogP contribution is 2.25. The van der Waals surface area contributed by atoms with E-state index in [0.717, 1.165) is 36.7 Å². The van der Waals surface area contributed by atoms with Crippen LogP contribution in [0.25, 0.3) is 10.9 Å². The molecule has 0 aliphatic carbocycles. The summed E-state index contributed by atoms with van der Waals surface area (Å²) in [5, 5.41) is 12.8. The minimum absolute atomic E-state index is 0.793. The molecule has 0 saturated heterocycles. The molecule has 0 radical (unpaired) electrons. The first kappa shape index (κ1) is 15.5. The quantitative estimate of drug-likeness (QED) is 0.784. The Labute approximate surface area is 136 Å². The summed E-state index contributed by atoms with van der Waals surface area (Å²) in [6, 6.07) is 6.44. The normalized spacial score (nSPS) is 11.1. The van der Waals surface area contributed by atoms with Gasteiger partial charge in [-0.25, -0.2) is 4.98 Å². The van der Waals surface area contributed by atoms with Gasteiger partial charge in [0.15, 0.2) is 0 Å². The van der Waals surface area contributed by atoms with Gasteiger partial charge in [0, 0.05) is 24.9 Å². The number of aryl methyl sites for hydroxylation is 4. The Morgan fingerprint density at radius 3 is 2.74 bits per heavy atom. The van der Waals surface area contributed by atoms with Crippen LogP contribution in [-0.4, -0.2) is 26.3 Å². The summed E-state index contributed by atoms with van der Waals surface area (Å²) in [7, 11) is 0. The van der Waals surface area contributed by atoms with Gasteiger partial charge in [0.05, 0.1) is 5.52 Å². The molecule has 2 heterocycles. The van der Waals surface area contributed by atoms with Gasteiger partial charge in [-0.1, -0.05) is 12.1 Å². The predicted molar refractivity (Wildman–Crippen MR) is 93.8 cm³/mol. The van der Waals surface area contributed by atoms with E-state index in [1.807, 2.05) is 0 Å². The van der Waals surface area contributed by atoms with E-state index in [2.05, 4.69) is 66.0 Å². The zero-order chi connectivity index (χ0) is 16.4. The molecule has 3 aromatic rings. The summed E-state index contributed by atoms with van der Waals surface area (Å²) in [6.07, 6.45) is 2.61. The minimum Gasteiger partial charge on any atom is -0.370 e. The van der Waals surface area contributed by atoms with Gasteiger partial charge in [-0.2, -0.15) is 0 Å². The van der Waals surface area contributed by atoms with Gasteiger partial charge in [0.1, 0.15) is 18.0 Å².